The van der Waals surface area contributed by atoms with Crippen LogP contribution in [0.25, 0.3) is 0 Å². The minimum absolute atomic E-state index is 0.0836. The zero-order valence-corrected chi connectivity index (χ0v) is 20.0. The van der Waals surface area contributed by atoms with Gasteiger partial charge in [0, 0.05) is 12.7 Å². The van der Waals surface area contributed by atoms with E-state index < -0.39 is 6.04 Å². The van der Waals surface area contributed by atoms with E-state index in [0.29, 0.717) is 48.1 Å². The molecule has 2 amide bonds. The van der Waals surface area contributed by atoms with E-state index in [1.165, 1.54) is 6.42 Å². The number of aromatic nitrogens is 2. The molecule has 1 aromatic heterocycles. The van der Waals surface area contributed by atoms with E-state index in [2.05, 4.69) is 15.7 Å². The van der Waals surface area contributed by atoms with E-state index in [9.17, 15) is 14.4 Å². The van der Waals surface area contributed by atoms with Gasteiger partial charge in [-0.2, -0.15) is 5.10 Å². The first-order valence-electron chi connectivity index (χ1n) is 12.1. The van der Waals surface area contributed by atoms with Crippen molar-refractivity contribution >= 4 is 29.2 Å². The van der Waals surface area contributed by atoms with E-state index in [1.807, 2.05) is 6.92 Å². The number of ether oxygens (including phenoxy) is 1. The van der Waals surface area contributed by atoms with Crippen molar-refractivity contribution in [1.29, 1.82) is 0 Å². The van der Waals surface area contributed by atoms with Crippen molar-refractivity contribution in [2.24, 2.45) is 5.92 Å². The minimum Gasteiger partial charge on any atom is -0.466 e. The summed E-state index contributed by atoms with van der Waals surface area (Å²) in [5, 5.41) is 9.94. The van der Waals surface area contributed by atoms with Gasteiger partial charge in [-0.3, -0.25) is 19.1 Å². The van der Waals surface area contributed by atoms with Crippen LogP contribution >= 0.6 is 0 Å². The van der Waals surface area contributed by atoms with E-state index in [1.54, 1.807) is 42.1 Å². The van der Waals surface area contributed by atoms with Crippen LogP contribution < -0.4 is 16.4 Å². The molecule has 0 saturated heterocycles. The summed E-state index contributed by atoms with van der Waals surface area (Å²) in [5.41, 5.74) is 7.99. The van der Waals surface area contributed by atoms with Crippen molar-refractivity contribution in [2.45, 2.75) is 71.4 Å². The number of hydrogen-bond acceptors (Lipinski definition) is 6. The van der Waals surface area contributed by atoms with Crippen molar-refractivity contribution in [3.05, 3.63) is 41.7 Å². The van der Waals surface area contributed by atoms with Crippen molar-refractivity contribution in [1.82, 2.24) is 15.1 Å². The molecule has 0 radical (unpaired) electrons. The number of amides is 2. The van der Waals surface area contributed by atoms with Gasteiger partial charge in [-0.15, -0.1) is 0 Å². The first-order valence-corrected chi connectivity index (χ1v) is 12.1. The van der Waals surface area contributed by atoms with E-state index >= 15 is 0 Å². The highest BCUT2D eigenvalue weighted by atomic mass is 16.5. The molecule has 1 aromatic carbocycles. The van der Waals surface area contributed by atoms with Crippen LogP contribution in [0.15, 0.2) is 30.5 Å². The van der Waals surface area contributed by atoms with Crippen molar-refractivity contribution in [3.63, 3.8) is 0 Å². The van der Waals surface area contributed by atoms with Gasteiger partial charge in [-0.05, 0) is 49.9 Å². The number of hydrogen-bond donors (Lipinski definition) is 3. The number of aryl methyl sites for hydroxylation is 1. The molecule has 2 aromatic rings. The summed E-state index contributed by atoms with van der Waals surface area (Å²) in [6.07, 6.45) is 7.79. The van der Waals surface area contributed by atoms with Gasteiger partial charge >= 0.3 is 5.97 Å². The number of carbonyl (C=O) groups is 3. The highest BCUT2D eigenvalue weighted by Crippen LogP contribution is 2.28. The molecular formula is C25H35N5O4. The lowest BCUT2D eigenvalue weighted by Crippen LogP contribution is -2.45. The summed E-state index contributed by atoms with van der Waals surface area (Å²) in [5.74, 6) is -0.645. The Hall–Kier alpha value is -3.36. The van der Waals surface area contributed by atoms with Gasteiger partial charge in [0.05, 0.1) is 24.4 Å². The molecule has 1 saturated carbocycles. The van der Waals surface area contributed by atoms with E-state index in [0.717, 1.165) is 25.7 Å². The van der Waals surface area contributed by atoms with E-state index in [4.69, 9.17) is 10.5 Å². The van der Waals surface area contributed by atoms with Crippen molar-refractivity contribution < 1.29 is 19.1 Å². The number of carbonyl (C=O) groups excluding carboxylic acids is 3. The maximum absolute atomic E-state index is 13.3. The molecule has 0 spiro atoms. The Kier molecular flexibility index (Phi) is 9.07. The average Bonchev–Trinajstić information content (AvgIpc) is 3.31. The lowest BCUT2D eigenvalue weighted by molar-refractivity contribution is -0.142. The lowest BCUT2D eigenvalue weighted by atomic mass is 9.84. The molecule has 3 rings (SSSR count). The third-order valence-electron chi connectivity index (χ3n) is 6.19. The quantitative estimate of drug-likeness (QED) is 0.362. The zero-order valence-electron chi connectivity index (χ0n) is 20.0. The SMILES string of the molecule is CCOC(=O)Cc1ccc(N)c(NC(=O)C(CC2CCCCC2)NC(=O)c2ccnn2CC)c1. The second kappa shape index (κ2) is 12.2. The normalized spacial score (nSPS) is 14.9. The van der Waals surface area contributed by atoms with Gasteiger partial charge in [0.15, 0.2) is 0 Å². The Labute approximate surface area is 200 Å². The summed E-state index contributed by atoms with van der Waals surface area (Å²) in [6, 6.07) is 5.98. The van der Waals surface area contributed by atoms with Crippen LogP contribution in [-0.2, 0) is 27.3 Å². The van der Waals surface area contributed by atoms with Crippen molar-refractivity contribution in [2.75, 3.05) is 17.7 Å². The smallest absolute Gasteiger partial charge is 0.310 e. The highest BCUT2D eigenvalue weighted by Gasteiger charge is 2.27. The van der Waals surface area contributed by atoms with Crippen LogP contribution in [0.1, 0.15) is 68.4 Å². The maximum Gasteiger partial charge on any atom is 0.310 e. The molecule has 9 nitrogen and oxygen atoms in total. The topological polar surface area (TPSA) is 128 Å². The Morgan fingerprint density at radius 3 is 2.65 bits per heavy atom. The molecule has 4 N–H and O–H groups in total. The first kappa shape index (κ1) is 25.3. The molecular weight excluding hydrogens is 434 g/mol. The molecule has 1 heterocycles. The molecule has 0 aliphatic heterocycles. The number of nitrogens with two attached hydrogens (primary N) is 1. The summed E-state index contributed by atoms with van der Waals surface area (Å²) < 4.78 is 6.60. The van der Waals surface area contributed by atoms with Gasteiger partial charge in [0.25, 0.3) is 5.91 Å². The van der Waals surface area contributed by atoms with Crippen LogP contribution in [0, 0.1) is 5.92 Å². The molecule has 1 fully saturated rings. The number of rotatable bonds is 10. The molecule has 0 bridgehead atoms. The molecule has 9 heteroatoms. The summed E-state index contributed by atoms with van der Waals surface area (Å²) in [7, 11) is 0. The minimum atomic E-state index is -0.719. The maximum atomic E-state index is 13.3. The number of anilines is 2. The van der Waals surface area contributed by atoms with Crippen LogP contribution in [0.5, 0.6) is 0 Å². The largest absolute Gasteiger partial charge is 0.466 e. The zero-order chi connectivity index (χ0) is 24.5. The number of nitrogen functional groups attached to an aromatic ring is 1. The predicted molar refractivity (Wildman–Crippen MR) is 130 cm³/mol. The summed E-state index contributed by atoms with van der Waals surface area (Å²) in [4.78, 5) is 38.2. The molecule has 1 atom stereocenters. The number of esters is 1. The summed E-state index contributed by atoms with van der Waals surface area (Å²) in [6.45, 7) is 4.51. The monoisotopic (exact) mass is 469 g/mol. The third-order valence-corrected chi connectivity index (χ3v) is 6.19. The Morgan fingerprint density at radius 2 is 1.94 bits per heavy atom. The first-order chi connectivity index (χ1) is 16.4. The standard InChI is InChI=1S/C25H35N5O4/c1-3-30-22(12-13-27-30)25(33)29-21(14-17-8-6-5-7-9-17)24(32)28-20-15-18(10-11-19(20)26)16-23(31)34-4-2/h10-13,15,17,21H,3-9,14,16,26H2,1-2H3,(H,28,32)(H,29,33). The lowest BCUT2D eigenvalue weighted by Gasteiger charge is -2.27. The van der Waals surface area contributed by atoms with Gasteiger partial charge in [-0.1, -0.05) is 38.2 Å². The van der Waals surface area contributed by atoms with Gasteiger partial charge in [0.2, 0.25) is 5.91 Å². The average molecular weight is 470 g/mol. The fraction of sp³-hybridized carbons (Fsp3) is 0.520. The van der Waals surface area contributed by atoms with Gasteiger partial charge in [-0.25, -0.2) is 0 Å². The molecule has 34 heavy (non-hydrogen) atoms. The second-order valence-corrected chi connectivity index (χ2v) is 8.69. The van der Waals surface area contributed by atoms with Crippen LogP contribution in [-0.4, -0.2) is 40.2 Å². The van der Waals surface area contributed by atoms with E-state index in [-0.39, 0.29) is 24.2 Å². The van der Waals surface area contributed by atoms with Crippen LogP contribution in [0.3, 0.4) is 0 Å². The van der Waals surface area contributed by atoms with Crippen LogP contribution in [0.4, 0.5) is 11.4 Å². The Morgan fingerprint density at radius 1 is 1.18 bits per heavy atom. The second-order valence-electron chi connectivity index (χ2n) is 8.69. The van der Waals surface area contributed by atoms with Gasteiger partial charge < -0.3 is 21.1 Å². The fourth-order valence-electron chi connectivity index (χ4n) is 4.42. The van der Waals surface area contributed by atoms with Crippen molar-refractivity contribution in [3.8, 4) is 0 Å². The number of benzene rings is 1. The molecule has 1 unspecified atom stereocenters. The fourth-order valence-corrected chi connectivity index (χ4v) is 4.42. The Bertz CT molecular complexity index is 997. The molecule has 1 aliphatic carbocycles. The highest BCUT2D eigenvalue weighted by molar-refractivity contribution is 6.01. The third kappa shape index (κ3) is 6.82. The Balaban J connectivity index is 1.76. The number of nitrogens with one attached hydrogen (secondary N) is 2. The number of nitrogens with zero attached hydrogens (tertiary/aromatic N) is 2. The summed E-state index contributed by atoms with van der Waals surface area (Å²) >= 11 is 0. The van der Waals surface area contributed by atoms with Gasteiger partial charge in [0.1, 0.15) is 11.7 Å². The molecule has 1 aliphatic rings. The molecule has 184 valence electrons. The van der Waals surface area contributed by atoms with Crippen LogP contribution in [0.2, 0.25) is 0 Å². The predicted octanol–water partition coefficient (Wildman–Crippen LogP) is 3.30.